The van der Waals surface area contributed by atoms with Crippen LogP contribution < -0.4 is 5.73 Å². The Morgan fingerprint density at radius 3 is 2.67 bits per heavy atom. The van der Waals surface area contributed by atoms with Gasteiger partial charge in [0.05, 0.1) is 0 Å². The standard InChI is InChI=1S/C7H14N2/c1-6(2)9-4-3-7(8)5-9/h7H,1,3-5,8H2,2H3/t7-/m0/s1. The molecule has 1 atom stereocenters. The fourth-order valence-electron chi connectivity index (χ4n) is 1.13. The highest BCUT2D eigenvalue weighted by molar-refractivity contribution is 4.94. The zero-order valence-electron chi connectivity index (χ0n) is 5.93. The van der Waals surface area contributed by atoms with Gasteiger partial charge in [-0.05, 0) is 13.3 Å². The molecule has 1 aliphatic rings. The van der Waals surface area contributed by atoms with Gasteiger partial charge in [-0.2, -0.15) is 0 Å². The summed E-state index contributed by atoms with van der Waals surface area (Å²) >= 11 is 0. The summed E-state index contributed by atoms with van der Waals surface area (Å²) in [5.74, 6) is 0. The minimum absolute atomic E-state index is 0.377. The highest BCUT2D eigenvalue weighted by Crippen LogP contribution is 2.11. The van der Waals surface area contributed by atoms with Gasteiger partial charge in [0.25, 0.3) is 0 Å². The molecular weight excluding hydrogens is 112 g/mol. The molecular formula is C7H14N2. The van der Waals surface area contributed by atoms with Gasteiger partial charge in [0, 0.05) is 24.8 Å². The van der Waals surface area contributed by atoms with Crippen LogP contribution in [0.2, 0.25) is 0 Å². The number of nitrogens with two attached hydrogens (primary N) is 1. The first-order valence-corrected chi connectivity index (χ1v) is 3.36. The maximum absolute atomic E-state index is 5.68. The van der Waals surface area contributed by atoms with E-state index in [1.165, 1.54) is 0 Å². The van der Waals surface area contributed by atoms with Gasteiger partial charge in [0.1, 0.15) is 0 Å². The molecule has 2 heteroatoms. The summed E-state index contributed by atoms with van der Waals surface area (Å²) in [6.07, 6.45) is 1.12. The van der Waals surface area contributed by atoms with Crippen LogP contribution in [-0.4, -0.2) is 24.0 Å². The van der Waals surface area contributed by atoms with Crippen molar-refractivity contribution in [2.24, 2.45) is 5.73 Å². The highest BCUT2D eigenvalue weighted by atomic mass is 15.2. The number of likely N-dealkylation sites (tertiary alicyclic amines) is 1. The Morgan fingerprint density at radius 1 is 1.78 bits per heavy atom. The normalized spacial score (nSPS) is 26.9. The Bertz CT molecular complexity index is 120. The molecule has 0 aromatic rings. The van der Waals surface area contributed by atoms with Crippen molar-refractivity contribution in [1.29, 1.82) is 0 Å². The first kappa shape index (κ1) is 6.62. The molecule has 0 unspecified atom stereocenters. The second kappa shape index (κ2) is 2.40. The lowest BCUT2D eigenvalue weighted by Crippen LogP contribution is -2.24. The van der Waals surface area contributed by atoms with Crippen molar-refractivity contribution in [2.45, 2.75) is 19.4 Å². The summed E-state index contributed by atoms with van der Waals surface area (Å²) in [7, 11) is 0. The quantitative estimate of drug-likeness (QED) is 0.556. The first-order valence-electron chi connectivity index (χ1n) is 3.36. The van der Waals surface area contributed by atoms with E-state index in [9.17, 15) is 0 Å². The van der Waals surface area contributed by atoms with Gasteiger partial charge in [-0.1, -0.05) is 6.58 Å². The fraction of sp³-hybridized carbons (Fsp3) is 0.714. The summed E-state index contributed by atoms with van der Waals surface area (Å²) in [4.78, 5) is 2.23. The van der Waals surface area contributed by atoms with Gasteiger partial charge in [-0.25, -0.2) is 0 Å². The van der Waals surface area contributed by atoms with E-state index in [2.05, 4.69) is 11.5 Å². The zero-order valence-corrected chi connectivity index (χ0v) is 5.93. The third-order valence-electron chi connectivity index (χ3n) is 1.76. The third-order valence-corrected chi connectivity index (χ3v) is 1.76. The fourth-order valence-corrected chi connectivity index (χ4v) is 1.13. The van der Waals surface area contributed by atoms with Crippen LogP contribution in [0, 0.1) is 0 Å². The Hall–Kier alpha value is -0.500. The molecule has 1 heterocycles. The molecule has 1 rings (SSSR count). The van der Waals surface area contributed by atoms with Crippen LogP contribution in [0.25, 0.3) is 0 Å². The summed E-state index contributed by atoms with van der Waals surface area (Å²) < 4.78 is 0. The van der Waals surface area contributed by atoms with Crippen LogP contribution in [0.15, 0.2) is 12.3 Å². The average Bonchev–Trinajstić information content (AvgIpc) is 2.14. The van der Waals surface area contributed by atoms with Crippen molar-refractivity contribution in [2.75, 3.05) is 13.1 Å². The van der Waals surface area contributed by atoms with Crippen LogP contribution >= 0.6 is 0 Å². The molecule has 0 aromatic heterocycles. The molecule has 1 saturated heterocycles. The number of rotatable bonds is 1. The van der Waals surface area contributed by atoms with Gasteiger partial charge in [-0.3, -0.25) is 0 Å². The molecule has 52 valence electrons. The summed E-state index contributed by atoms with van der Waals surface area (Å²) in [5, 5.41) is 0. The van der Waals surface area contributed by atoms with E-state index in [1.54, 1.807) is 0 Å². The Kier molecular flexibility index (Phi) is 1.76. The SMILES string of the molecule is C=C(C)N1CC[C@H](N)C1. The molecule has 0 radical (unpaired) electrons. The molecule has 0 bridgehead atoms. The maximum atomic E-state index is 5.68. The second-order valence-electron chi connectivity index (χ2n) is 2.73. The van der Waals surface area contributed by atoms with Crippen LogP contribution in [-0.2, 0) is 0 Å². The van der Waals surface area contributed by atoms with E-state index in [4.69, 9.17) is 5.73 Å². The van der Waals surface area contributed by atoms with Crippen molar-refractivity contribution in [3.8, 4) is 0 Å². The van der Waals surface area contributed by atoms with E-state index in [-0.39, 0.29) is 0 Å². The Morgan fingerprint density at radius 2 is 2.44 bits per heavy atom. The van der Waals surface area contributed by atoms with Crippen molar-refractivity contribution in [1.82, 2.24) is 4.90 Å². The molecule has 0 aliphatic carbocycles. The number of nitrogens with zero attached hydrogens (tertiary/aromatic N) is 1. The molecule has 2 nitrogen and oxygen atoms in total. The van der Waals surface area contributed by atoms with Crippen LogP contribution in [0.3, 0.4) is 0 Å². The molecule has 0 spiro atoms. The minimum Gasteiger partial charge on any atom is -0.374 e. The smallest absolute Gasteiger partial charge is 0.0327 e. The van der Waals surface area contributed by atoms with Gasteiger partial charge in [0.15, 0.2) is 0 Å². The van der Waals surface area contributed by atoms with Gasteiger partial charge >= 0.3 is 0 Å². The zero-order chi connectivity index (χ0) is 6.85. The predicted molar refractivity (Wildman–Crippen MR) is 39.0 cm³/mol. The van der Waals surface area contributed by atoms with E-state index in [0.717, 1.165) is 25.2 Å². The van der Waals surface area contributed by atoms with Crippen LogP contribution in [0.1, 0.15) is 13.3 Å². The summed E-state index contributed by atoms with van der Waals surface area (Å²) in [6.45, 7) is 7.96. The van der Waals surface area contributed by atoms with E-state index >= 15 is 0 Å². The van der Waals surface area contributed by atoms with Gasteiger partial charge in [-0.15, -0.1) is 0 Å². The van der Waals surface area contributed by atoms with E-state index < -0.39 is 0 Å². The minimum atomic E-state index is 0.377. The Labute approximate surface area is 56.3 Å². The van der Waals surface area contributed by atoms with E-state index in [0.29, 0.717) is 6.04 Å². The highest BCUT2D eigenvalue weighted by Gasteiger charge is 2.17. The van der Waals surface area contributed by atoms with Crippen molar-refractivity contribution in [3.63, 3.8) is 0 Å². The van der Waals surface area contributed by atoms with Crippen molar-refractivity contribution in [3.05, 3.63) is 12.3 Å². The number of allylic oxidation sites excluding steroid dienone is 1. The molecule has 0 aromatic carbocycles. The number of hydrogen-bond acceptors (Lipinski definition) is 2. The van der Waals surface area contributed by atoms with Crippen LogP contribution in [0.4, 0.5) is 0 Å². The maximum Gasteiger partial charge on any atom is 0.0327 e. The van der Waals surface area contributed by atoms with Crippen LogP contribution in [0.5, 0.6) is 0 Å². The lowest BCUT2D eigenvalue weighted by Gasteiger charge is -2.16. The largest absolute Gasteiger partial charge is 0.374 e. The van der Waals surface area contributed by atoms with Crippen molar-refractivity contribution >= 4 is 0 Å². The summed E-state index contributed by atoms with van der Waals surface area (Å²) in [6, 6.07) is 0.377. The number of hydrogen-bond donors (Lipinski definition) is 1. The third kappa shape index (κ3) is 1.45. The monoisotopic (exact) mass is 126 g/mol. The molecule has 0 saturated carbocycles. The lowest BCUT2D eigenvalue weighted by atomic mass is 10.3. The van der Waals surface area contributed by atoms with Gasteiger partial charge < -0.3 is 10.6 Å². The summed E-state index contributed by atoms with van der Waals surface area (Å²) in [5.41, 5.74) is 6.82. The molecule has 9 heavy (non-hydrogen) atoms. The average molecular weight is 126 g/mol. The topological polar surface area (TPSA) is 29.3 Å². The Balaban J connectivity index is 2.39. The molecule has 0 amide bonds. The predicted octanol–water partition coefficient (Wildman–Crippen LogP) is 0.553. The van der Waals surface area contributed by atoms with Gasteiger partial charge in [0.2, 0.25) is 0 Å². The van der Waals surface area contributed by atoms with Crippen molar-refractivity contribution < 1.29 is 0 Å². The lowest BCUT2D eigenvalue weighted by molar-refractivity contribution is 0.423. The molecule has 1 aliphatic heterocycles. The molecule has 2 N–H and O–H groups in total. The second-order valence-corrected chi connectivity index (χ2v) is 2.73. The molecule has 1 fully saturated rings. The first-order chi connectivity index (χ1) is 4.20. The van der Waals surface area contributed by atoms with E-state index in [1.807, 2.05) is 6.92 Å².